The van der Waals surface area contributed by atoms with Gasteiger partial charge in [0.15, 0.2) is 11.2 Å². The molecule has 108 valence electrons. The number of hydrogen-bond acceptors (Lipinski definition) is 4. The number of rotatable bonds is 4. The second-order valence-corrected chi connectivity index (χ2v) is 5.38. The first kappa shape index (κ1) is 14.2. The normalized spacial score (nSPS) is 11.4. The van der Waals surface area contributed by atoms with E-state index in [1.165, 1.54) is 11.5 Å². The summed E-state index contributed by atoms with van der Waals surface area (Å²) < 4.78 is 3.00. The third kappa shape index (κ3) is 2.43. The molecule has 7 heteroatoms. The molecule has 2 rings (SSSR count). The third-order valence-corrected chi connectivity index (χ3v) is 3.00. The number of ketones is 1. The number of nitrogens with zero attached hydrogens (tertiary/aromatic N) is 3. The van der Waals surface area contributed by atoms with E-state index in [2.05, 4.69) is 9.97 Å². The summed E-state index contributed by atoms with van der Waals surface area (Å²) in [6.45, 7) is 7.65. The maximum atomic E-state index is 12.0. The standard InChI is InChI=1S/C13H18N4O3/c1-7(2)5-17-11-10(12(19)15-13(17)20)16(6-8(3)18)9(4)14-11/h7H,5-6H2,1-4H3,(H,15,19,20). The lowest BCUT2D eigenvalue weighted by Gasteiger charge is -2.09. The zero-order valence-electron chi connectivity index (χ0n) is 12.1. The van der Waals surface area contributed by atoms with Crippen molar-refractivity contribution in [2.45, 2.75) is 40.8 Å². The predicted octanol–water partition coefficient (Wildman–Crippen LogP) is 0.440. The fraction of sp³-hybridized carbons (Fsp3) is 0.538. The van der Waals surface area contributed by atoms with E-state index >= 15 is 0 Å². The zero-order chi connectivity index (χ0) is 15.0. The van der Waals surface area contributed by atoms with Gasteiger partial charge < -0.3 is 4.57 Å². The van der Waals surface area contributed by atoms with Gasteiger partial charge in [-0.25, -0.2) is 9.78 Å². The van der Waals surface area contributed by atoms with Crippen LogP contribution in [0.25, 0.3) is 11.2 Å². The molecule has 0 fully saturated rings. The molecule has 0 aromatic carbocycles. The Balaban J connectivity index is 2.81. The molecule has 0 saturated carbocycles. The molecule has 0 bridgehead atoms. The Morgan fingerprint density at radius 3 is 2.50 bits per heavy atom. The quantitative estimate of drug-likeness (QED) is 0.878. The van der Waals surface area contributed by atoms with Gasteiger partial charge in [0.05, 0.1) is 6.54 Å². The molecule has 2 aromatic heterocycles. The Kier molecular flexibility index (Phi) is 3.61. The lowest BCUT2D eigenvalue weighted by Crippen LogP contribution is -2.32. The number of fused-ring (bicyclic) bond motifs is 1. The number of imidazole rings is 1. The van der Waals surface area contributed by atoms with Crippen molar-refractivity contribution in [1.29, 1.82) is 0 Å². The largest absolute Gasteiger partial charge is 0.330 e. The Morgan fingerprint density at radius 1 is 1.30 bits per heavy atom. The van der Waals surface area contributed by atoms with Crippen molar-refractivity contribution in [3.63, 3.8) is 0 Å². The van der Waals surface area contributed by atoms with Crippen molar-refractivity contribution in [2.24, 2.45) is 5.92 Å². The number of hydrogen-bond donors (Lipinski definition) is 1. The first-order valence-electron chi connectivity index (χ1n) is 6.50. The number of aryl methyl sites for hydroxylation is 1. The molecule has 2 heterocycles. The van der Waals surface area contributed by atoms with E-state index in [9.17, 15) is 14.4 Å². The lowest BCUT2D eigenvalue weighted by atomic mass is 10.2. The molecular weight excluding hydrogens is 260 g/mol. The Hall–Kier alpha value is -2.18. The molecule has 0 saturated heterocycles. The third-order valence-electron chi connectivity index (χ3n) is 3.00. The minimum Gasteiger partial charge on any atom is -0.315 e. The van der Waals surface area contributed by atoms with Crippen LogP contribution in [0.5, 0.6) is 0 Å². The number of aromatic amines is 1. The fourth-order valence-corrected chi connectivity index (χ4v) is 2.23. The maximum Gasteiger partial charge on any atom is 0.330 e. The molecule has 0 aliphatic carbocycles. The first-order chi connectivity index (χ1) is 9.31. The van der Waals surface area contributed by atoms with Gasteiger partial charge in [0.25, 0.3) is 5.56 Å². The molecule has 0 spiro atoms. The summed E-state index contributed by atoms with van der Waals surface area (Å²) >= 11 is 0. The number of carbonyl (C=O) groups is 1. The van der Waals surface area contributed by atoms with E-state index in [4.69, 9.17) is 0 Å². The van der Waals surface area contributed by atoms with Crippen LogP contribution >= 0.6 is 0 Å². The smallest absolute Gasteiger partial charge is 0.315 e. The molecule has 0 aliphatic heterocycles. The van der Waals surface area contributed by atoms with Gasteiger partial charge in [-0.15, -0.1) is 0 Å². The van der Waals surface area contributed by atoms with Gasteiger partial charge in [-0.1, -0.05) is 13.8 Å². The van der Waals surface area contributed by atoms with E-state index < -0.39 is 11.2 Å². The summed E-state index contributed by atoms with van der Waals surface area (Å²) in [5.74, 6) is 0.706. The zero-order valence-corrected chi connectivity index (χ0v) is 12.1. The summed E-state index contributed by atoms with van der Waals surface area (Å²) in [6.07, 6.45) is 0. The monoisotopic (exact) mass is 278 g/mol. The first-order valence-corrected chi connectivity index (χ1v) is 6.50. The highest BCUT2D eigenvalue weighted by atomic mass is 16.2. The van der Waals surface area contributed by atoms with Gasteiger partial charge in [0, 0.05) is 6.54 Å². The highest BCUT2D eigenvalue weighted by molar-refractivity contribution is 5.79. The van der Waals surface area contributed by atoms with Crippen molar-refractivity contribution in [1.82, 2.24) is 19.1 Å². The molecule has 0 unspecified atom stereocenters. The number of Topliss-reactive ketones (excluding diaryl/α,β-unsaturated/α-hetero) is 1. The lowest BCUT2D eigenvalue weighted by molar-refractivity contribution is -0.117. The Labute approximate surface area is 115 Å². The summed E-state index contributed by atoms with van der Waals surface area (Å²) in [5, 5.41) is 0. The summed E-state index contributed by atoms with van der Waals surface area (Å²) in [4.78, 5) is 41.8. The molecule has 0 radical (unpaired) electrons. The van der Waals surface area contributed by atoms with Crippen molar-refractivity contribution in [3.8, 4) is 0 Å². The van der Waals surface area contributed by atoms with Gasteiger partial charge in [0.2, 0.25) is 0 Å². The Morgan fingerprint density at radius 2 is 1.95 bits per heavy atom. The molecule has 0 aliphatic rings. The van der Waals surface area contributed by atoms with Gasteiger partial charge in [0.1, 0.15) is 11.6 Å². The average molecular weight is 278 g/mol. The van der Waals surface area contributed by atoms with Crippen LogP contribution in [0.2, 0.25) is 0 Å². The number of aromatic nitrogens is 4. The number of carbonyl (C=O) groups excluding carboxylic acids is 1. The average Bonchev–Trinajstić information content (AvgIpc) is 2.61. The predicted molar refractivity (Wildman–Crippen MR) is 74.9 cm³/mol. The highest BCUT2D eigenvalue weighted by Crippen LogP contribution is 2.11. The van der Waals surface area contributed by atoms with E-state index in [0.717, 1.165) is 0 Å². The van der Waals surface area contributed by atoms with Crippen LogP contribution in [0.1, 0.15) is 26.6 Å². The number of H-pyrrole nitrogens is 1. The van der Waals surface area contributed by atoms with Crippen LogP contribution in [-0.4, -0.2) is 24.9 Å². The number of nitrogens with one attached hydrogen (secondary N) is 1. The SMILES string of the molecule is CC(=O)Cn1c(C)nc2c1c(=O)[nH]c(=O)n2CC(C)C. The van der Waals surface area contributed by atoms with Crippen LogP contribution in [-0.2, 0) is 17.9 Å². The van der Waals surface area contributed by atoms with Crippen LogP contribution in [0, 0.1) is 12.8 Å². The van der Waals surface area contributed by atoms with Gasteiger partial charge in [-0.2, -0.15) is 0 Å². The maximum absolute atomic E-state index is 12.0. The second kappa shape index (κ2) is 5.07. The van der Waals surface area contributed by atoms with Crippen molar-refractivity contribution < 1.29 is 4.79 Å². The molecule has 0 atom stereocenters. The molecule has 0 amide bonds. The van der Waals surface area contributed by atoms with Gasteiger partial charge in [-0.3, -0.25) is 19.1 Å². The second-order valence-electron chi connectivity index (χ2n) is 5.38. The van der Waals surface area contributed by atoms with Crippen LogP contribution in [0.4, 0.5) is 0 Å². The topological polar surface area (TPSA) is 89.8 Å². The van der Waals surface area contributed by atoms with Crippen LogP contribution in [0.3, 0.4) is 0 Å². The van der Waals surface area contributed by atoms with Crippen LogP contribution in [0.15, 0.2) is 9.59 Å². The minimum atomic E-state index is -0.508. The summed E-state index contributed by atoms with van der Waals surface area (Å²) in [6, 6.07) is 0. The van der Waals surface area contributed by atoms with E-state index in [-0.39, 0.29) is 23.8 Å². The Bertz CT molecular complexity index is 779. The molecule has 1 N–H and O–H groups in total. The highest BCUT2D eigenvalue weighted by Gasteiger charge is 2.17. The molecule has 20 heavy (non-hydrogen) atoms. The minimum absolute atomic E-state index is 0.0747. The molecule has 2 aromatic rings. The fourth-order valence-electron chi connectivity index (χ4n) is 2.23. The van der Waals surface area contributed by atoms with Crippen LogP contribution < -0.4 is 11.2 Å². The summed E-state index contributed by atoms with van der Waals surface area (Å²) in [5.41, 5.74) is -0.361. The van der Waals surface area contributed by atoms with E-state index in [1.54, 1.807) is 11.5 Å². The van der Waals surface area contributed by atoms with Crippen molar-refractivity contribution in [3.05, 3.63) is 26.7 Å². The van der Waals surface area contributed by atoms with E-state index in [1.807, 2.05) is 13.8 Å². The van der Waals surface area contributed by atoms with Gasteiger partial charge >= 0.3 is 5.69 Å². The van der Waals surface area contributed by atoms with E-state index in [0.29, 0.717) is 18.0 Å². The van der Waals surface area contributed by atoms with Gasteiger partial charge in [-0.05, 0) is 19.8 Å². The van der Waals surface area contributed by atoms with Crippen molar-refractivity contribution in [2.75, 3.05) is 0 Å². The molecule has 7 nitrogen and oxygen atoms in total. The summed E-state index contributed by atoms with van der Waals surface area (Å²) in [7, 11) is 0. The molecular formula is C13H18N4O3. The van der Waals surface area contributed by atoms with Crippen molar-refractivity contribution >= 4 is 16.9 Å².